The molecule has 1 saturated heterocycles. The maximum Gasteiger partial charge on any atom is 0.251 e. The van der Waals surface area contributed by atoms with Crippen LogP contribution in [0.25, 0.3) is 0 Å². The van der Waals surface area contributed by atoms with Gasteiger partial charge in [0.2, 0.25) is 5.91 Å². The number of rotatable bonds is 3. The molecule has 0 spiro atoms. The fraction of sp³-hybridized carbons (Fsp3) is 0.529. The molecule has 3 rings (SSSR count). The first-order chi connectivity index (χ1) is 10.3. The summed E-state index contributed by atoms with van der Waals surface area (Å²) in [6, 6.07) is 9.45. The van der Waals surface area contributed by atoms with Crippen LogP contribution in [0.3, 0.4) is 0 Å². The van der Waals surface area contributed by atoms with Crippen molar-refractivity contribution in [1.82, 2.24) is 10.2 Å². The molecule has 2 amide bonds. The van der Waals surface area contributed by atoms with Gasteiger partial charge in [-0.25, -0.2) is 0 Å². The summed E-state index contributed by atoms with van der Waals surface area (Å²) in [7, 11) is 0. The van der Waals surface area contributed by atoms with E-state index in [0.29, 0.717) is 17.5 Å². The molecule has 0 unspecified atom stereocenters. The number of nitrogens with zero attached hydrogens (tertiary/aromatic N) is 1. The van der Waals surface area contributed by atoms with Crippen molar-refractivity contribution < 1.29 is 9.59 Å². The zero-order chi connectivity index (χ0) is 14.7. The molecule has 1 aliphatic carbocycles. The van der Waals surface area contributed by atoms with Crippen LogP contribution in [0.5, 0.6) is 0 Å². The summed E-state index contributed by atoms with van der Waals surface area (Å²) >= 11 is 0. The zero-order valence-electron chi connectivity index (χ0n) is 12.3. The van der Waals surface area contributed by atoms with Crippen LogP contribution in [0.2, 0.25) is 0 Å². The minimum atomic E-state index is -0.177. The number of carbonyl (C=O) groups excluding carboxylic acids is 2. The third-order valence-electron chi connectivity index (χ3n) is 4.77. The molecule has 4 heteroatoms. The van der Waals surface area contributed by atoms with Gasteiger partial charge in [0.05, 0.1) is 6.54 Å². The summed E-state index contributed by atoms with van der Waals surface area (Å²) in [5, 5.41) is 2.74. The van der Waals surface area contributed by atoms with E-state index in [1.807, 2.05) is 23.1 Å². The summed E-state index contributed by atoms with van der Waals surface area (Å²) in [6.07, 6.45) is 6.03. The van der Waals surface area contributed by atoms with E-state index in [4.69, 9.17) is 0 Å². The number of carbonyl (C=O) groups is 2. The van der Waals surface area contributed by atoms with Gasteiger partial charge in [0.1, 0.15) is 0 Å². The van der Waals surface area contributed by atoms with Crippen molar-refractivity contribution in [2.45, 2.75) is 38.1 Å². The van der Waals surface area contributed by atoms with Crippen LogP contribution in [0.4, 0.5) is 0 Å². The highest BCUT2D eigenvalue weighted by Gasteiger charge is 2.37. The van der Waals surface area contributed by atoms with E-state index < -0.39 is 0 Å². The first-order valence-corrected chi connectivity index (χ1v) is 7.88. The molecule has 1 heterocycles. The first kappa shape index (κ1) is 14.1. The normalized spacial score (nSPS) is 24.5. The molecule has 0 radical (unpaired) electrons. The zero-order valence-corrected chi connectivity index (χ0v) is 12.3. The quantitative estimate of drug-likeness (QED) is 0.926. The molecule has 21 heavy (non-hydrogen) atoms. The lowest BCUT2D eigenvalue weighted by Crippen LogP contribution is -2.44. The smallest absolute Gasteiger partial charge is 0.251 e. The molecule has 1 aliphatic heterocycles. The maximum atomic E-state index is 12.3. The highest BCUT2D eigenvalue weighted by Crippen LogP contribution is 2.35. The van der Waals surface area contributed by atoms with Crippen LogP contribution in [0.1, 0.15) is 42.5 Å². The first-order valence-electron chi connectivity index (χ1n) is 7.88. The maximum absolute atomic E-state index is 12.3. The highest BCUT2D eigenvalue weighted by molar-refractivity contribution is 5.96. The van der Waals surface area contributed by atoms with Gasteiger partial charge < -0.3 is 10.2 Å². The SMILES string of the molecule is O=C(NCC(=O)N1CC[C@@H]2CCCC[C@@H]21)c1ccccc1. The van der Waals surface area contributed by atoms with Crippen molar-refractivity contribution in [3.05, 3.63) is 35.9 Å². The molecular formula is C17H22N2O2. The largest absolute Gasteiger partial charge is 0.343 e. The minimum Gasteiger partial charge on any atom is -0.343 e. The van der Waals surface area contributed by atoms with Gasteiger partial charge in [0, 0.05) is 18.2 Å². The van der Waals surface area contributed by atoms with Crippen molar-refractivity contribution in [3.63, 3.8) is 0 Å². The topological polar surface area (TPSA) is 49.4 Å². The Morgan fingerprint density at radius 2 is 1.86 bits per heavy atom. The molecule has 1 aromatic rings. The van der Waals surface area contributed by atoms with Crippen molar-refractivity contribution in [2.24, 2.45) is 5.92 Å². The van der Waals surface area contributed by atoms with Crippen LogP contribution in [0.15, 0.2) is 30.3 Å². The van der Waals surface area contributed by atoms with Crippen molar-refractivity contribution in [2.75, 3.05) is 13.1 Å². The molecule has 4 nitrogen and oxygen atoms in total. The van der Waals surface area contributed by atoms with E-state index in [2.05, 4.69) is 5.32 Å². The number of hydrogen-bond donors (Lipinski definition) is 1. The second-order valence-electron chi connectivity index (χ2n) is 6.04. The molecule has 2 aliphatic rings. The second kappa shape index (κ2) is 6.29. The minimum absolute atomic E-state index is 0.0636. The van der Waals surface area contributed by atoms with Crippen molar-refractivity contribution in [3.8, 4) is 0 Å². The molecule has 0 bridgehead atoms. The van der Waals surface area contributed by atoms with Crippen LogP contribution < -0.4 is 5.32 Å². The van der Waals surface area contributed by atoms with Gasteiger partial charge in [-0.05, 0) is 37.3 Å². The summed E-state index contributed by atoms with van der Waals surface area (Å²) in [6.45, 7) is 0.965. The van der Waals surface area contributed by atoms with Crippen LogP contribution in [-0.2, 0) is 4.79 Å². The third kappa shape index (κ3) is 3.09. The summed E-state index contributed by atoms with van der Waals surface area (Å²) in [5.74, 6) is 0.574. The highest BCUT2D eigenvalue weighted by atomic mass is 16.2. The predicted octanol–water partition coefficient (Wildman–Crippen LogP) is 2.21. The Labute approximate surface area is 125 Å². The van der Waals surface area contributed by atoms with Crippen molar-refractivity contribution in [1.29, 1.82) is 0 Å². The Morgan fingerprint density at radius 3 is 2.67 bits per heavy atom. The third-order valence-corrected chi connectivity index (χ3v) is 4.77. The van der Waals surface area contributed by atoms with E-state index in [0.717, 1.165) is 19.4 Å². The van der Waals surface area contributed by atoms with E-state index in [9.17, 15) is 9.59 Å². The van der Waals surface area contributed by atoms with E-state index in [-0.39, 0.29) is 18.4 Å². The Morgan fingerprint density at radius 1 is 1.10 bits per heavy atom. The molecule has 0 aromatic heterocycles. The van der Waals surface area contributed by atoms with Crippen LogP contribution in [-0.4, -0.2) is 35.8 Å². The lowest BCUT2D eigenvalue weighted by Gasteiger charge is -2.31. The van der Waals surface area contributed by atoms with Gasteiger partial charge in [-0.15, -0.1) is 0 Å². The molecule has 1 N–H and O–H groups in total. The summed E-state index contributed by atoms with van der Waals surface area (Å²) in [4.78, 5) is 26.3. The average molecular weight is 286 g/mol. The molecule has 1 saturated carbocycles. The number of benzene rings is 1. The molecule has 1 aromatic carbocycles. The number of hydrogen-bond acceptors (Lipinski definition) is 2. The Kier molecular flexibility index (Phi) is 4.23. The van der Waals surface area contributed by atoms with Gasteiger partial charge in [0.15, 0.2) is 0 Å². The fourth-order valence-electron chi connectivity index (χ4n) is 3.66. The Hall–Kier alpha value is -1.84. The number of likely N-dealkylation sites (tertiary alicyclic amines) is 1. The van der Waals surface area contributed by atoms with Crippen LogP contribution >= 0.6 is 0 Å². The molecule has 2 atom stereocenters. The monoisotopic (exact) mass is 286 g/mol. The van der Waals surface area contributed by atoms with Gasteiger partial charge in [0.25, 0.3) is 5.91 Å². The molecule has 112 valence electrons. The van der Waals surface area contributed by atoms with Gasteiger partial charge in [-0.1, -0.05) is 31.0 Å². The van der Waals surface area contributed by atoms with Gasteiger partial charge in [-0.3, -0.25) is 9.59 Å². The van der Waals surface area contributed by atoms with Crippen LogP contribution in [0, 0.1) is 5.92 Å². The Balaban J connectivity index is 1.54. The molecular weight excluding hydrogens is 264 g/mol. The predicted molar refractivity (Wildman–Crippen MR) is 80.9 cm³/mol. The Bertz CT molecular complexity index is 515. The van der Waals surface area contributed by atoms with Gasteiger partial charge >= 0.3 is 0 Å². The molecule has 2 fully saturated rings. The van der Waals surface area contributed by atoms with E-state index >= 15 is 0 Å². The summed E-state index contributed by atoms with van der Waals surface area (Å²) < 4.78 is 0. The number of amides is 2. The second-order valence-corrected chi connectivity index (χ2v) is 6.04. The van der Waals surface area contributed by atoms with E-state index in [1.54, 1.807) is 12.1 Å². The van der Waals surface area contributed by atoms with Gasteiger partial charge in [-0.2, -0.15) is 0 Å². The standard InChI is InChI=1S/C17H22N2O2/c20-16(12-18-17(21)14-7-2-1-3-8-14)19-11-10-13-6-4-5-9-15(13)19/h1-3,7-8,13,15H,4-6,9-12H2,(H,18,21)/t13-,15-/m0/s1. The lowest BCUT2D eigenvalue weighted by molar-refractivity contribution is -0.131. The average Bonchev–Trinajstić information content (AvgIpc) is 2.97. The number of fused-ring (bicyclic) bond motifs is 1. The van der Waals surface area contributed by atoms with E-state index in [1.165, 1.54) is 19.3 Å². The lowest BCUT2D eigenvalue weighted by atomic mass is 9.85. The fourth-order valence-corrected chi connectivity index (χ4v) is 3.66. The van der Waals surface area contributed by atoms with Crippen molar-refractivity contribution >= 4 is 11.8 Å². The number of nitrogens with one attached hydrogen (secondary N) is 1. The summed E-state index contributed by atoms with van der Waals surface area (Å²) in [5.41, 5.74) is 0.599.